The van der Waals surface area contributed by atoms with Crippen LogP contribution >= 0.6 is 0 Å². The Kier molecular flexibility index (Phi) is 3.03. The molecular formula is C10H19N3O. The Labute approximate surface area is 84.8 Å². The molecular weight excluding hydrogens is 178 g/mol. The van der Waals surface area contributed by atoms with Gasteiger partial charge in [0.2, 0.25) is 5.91 Å². The van der Waals surface area contributed by atoms with Crippen LogP contribution in [0.3, 0.4) is 0 Å². The number of primary amides is 1. The average Bonchev–Trinajstić information content (AvgIpc) is 2.67. The summed E-state index contributed by atoms with van der Waals surface area (Å²) < 4.78 is 0. The van der Waals surface area contributed by atoms with Gasteiger partial charge in [0.25, 0.3) is 0 Å². The van der Waals surface area contributed by atoms with Crippen LogP contribution in [-0.4, -0.2) is 42.5 Å². The maximum Gasteiger partial charge on any atom is 0.234 e. The number of nitrogens with two attached hydrogens (primary N) is 1. The van der Waals surface area contributed by atoms with Gasteiger partial charge in [-0.25, -0.2) is 0 Å². The fraction of sp³-hybridized carbons (Fsp3) is 0.900. The van der Waals surface area contributed by atoms with E-state index in [1.54, 1.807) is 0 Å². The Bertz CT molecular complexity index is 213. The lowest BCUT2D eigenvalue weighted by Gasteiger charge is -2.34. The first-order valence-electron chi connectivity index (χ1n) is 5.55. The molecule has 0 aromatic heterocycles. The van der Waals surface area contributed by atoms with Crippen molar-refractivity contribution in [2.45, 2.75) is 37.8 Å². The third-order valence-electron chi connectivity index (χ3n) is 3.40. The van der Waals surface area contributed by atoms with E-state index in [1.165, 1.54) is 0 Å². The topological polar surface area (TPSA) is 58.4 Å². The van der Waals surface area contributed by atoms with Crippen molar-refractivity contribution in [3.8, 4) is 0 Å². The number of nitrogens with one attached hydrogen (secondary N) is 1. The van der Waals surface area contributed by atoms with Crippen molar-refractivity contribution >= 4 is 5.91 Å². The van der Waals surface area contributed by atoms with Gasteiger partial charge >= 0.3 is 0 Å². The number of likely N-dealkylation sites (tertiary alicyclic amines) is 1. The van der Waals surface area contributed by atoms with Crippen LogP contribution < -0.4 is 11.1 Å². The maximum absolute atomic E-state index is 11.2. The number of nitrogens with zero attached hydrogens (tertiary/aromatic N) is 1. The minimum Gasteiger partial charge on any atom is -0.368 e. The highest BCUT2D eigenvalue weighted by molar-refractivity contribution is 5.80. The summed E-state index contributed by atoms with van der Waals surface area (Å²) in [5, 5.41) is 3.34. The van der Waals surface area contributed by atoms with Crippen molar-refractivity contribution in [3.05, 3.63) is 0 Å². The lowest BCUT2D eigenvalue weighted by molar-refractivity contribution is -0.123. The Balaban J connectivity index is 1.97. The summed E-state index contributed by atoms with van der Waals surface area (Å²) in [6.07, 6.45) is 4.39. The number of carbonyl (C=O) groups excluding carboxylic acids is 1. The van der Waals surface area contributed by atoms with Crippen LogP contribution in [0.25, 0.3) is 0 Å². The van der Waals surface area contributed by atoms with Gasteiger partial charge in [-0.2, -0.15) is 0 Å². The van der Waals surface area contributed by atoms with Crippen molar-refractivity contribution in [3.63, 3.8) is 0 Å². The van der Waals surface area contributed by atoms with Crippen LogP contribution in [-0.2, 0) is 4.79 Å². The molecule has 0 spiro atoms. The predicted molar refractivity (Wildman–Crippen MR) is 54.8 cm³/mol. The van der Waals surface area contributed by atoms with Crippen molar-refractivity contribution in [2.75, 3.05) is 19.6 Å². The molecule has 1 atom stereocenters. The normalized spacial score (nSPS) is 30.7. The zero-order valence-electron chi connectivity index (χ0n) is 8.54. The lowest BCUT2D eigenvalue weighted by atomic mass is 10.0. The Morgan fingerprint density at radius 1 is 1.29 bits per heavy atom. The summed E-state index contributed by atoms with van der Waals surface area (Å²) in [5.74, 6) is -0.138. The van der Waals surface area contributed by atoms with Crippen LogP contribution in [0.4, 0.5) is 0 Å². The molecule has 2 heterocycles. The number of piperidine rings is 1. The fourth-order valence-electron chi connectivity index (χ4n) is 2.67. The molecule has 1 unspecified atom stereocenters. The van der Waals surface area contributed by atoms with E-state index in [0.717, 1.165) is 45.3 Å². The summed E-state index contributed by atoms with van der Waals surface area (Å²) in [7, 11) is 0. The van der Waals surface area contributed by atoms with Gasteiger partial charge in [0.1, 0.15) is 0 Å². The highest BCUT2D eigenvalue weighted by Crippen LogP contribution is 2.23. The minimum absolute atomic E-state index is 0.0121. The second-order valence-electron chi connectivity index (χ2n) is 4.28. The van der Waals surface area contributed by atoms with Gasteiger partial charge in [-0.05, 0) is 45.3 Å². The number of amides is 1. The van der Waals surface area contributed by atoms with Gasteiger partial charge in [0, 0.05) is 6.04 Å². The first-order chi connectivity index (χ1) is 6.79. The molecule has 0 aromatic rings. The van der Waals surface area contributed by atoms with Gasteiger partial charge in [0.15, 0.2) is 0 Å². The van der Waals surface area contributed by atoms with Crippen molar-refractivity contribution in [1.29, 1.82) is 0 Å². The van der Waals surface area contributed by atoms with Gasteiger partial charge in [-0.3, -0.25) is 9.69 Å². The van der Waals surface area contributed by atoms with Gasteiger partial charge in [0.05, 0.1) is 6.04 Å². The Hall–Kier alpha value is -0.610. The molecule has 2 rings (SSSR count). The SMILES string of the molecule is NC(=O)C1CCCN1C1CCNCC1. The van der Waals surface area contributed by atoms with E-state index in [9.17, 15) is 4.79 Å². The lowest BCUT2D eigenvalue weighted by Crippen LogP contribution is -2.49. The first-order valence-corrected chi connectivity index (χ1v) is 5.55. The first kappa shape index (κ1) is 9.93. The number of rotatable bonds is 2. The Morgan fingerprint density at radius 2 is 2.00 bits per heavy atom. The van der Waals surface area contributed by atoms with E-state index in [4.69, 9.17) is 5.73 Å². The molecule has 0 radical (unpaired) electrons. The molecule has 80 valence electrons. The molecule has 1 amide bonds. The summed E-state index contributed by atoms with van der Waals surface area (Å²) in [5.41, 5.74) is 5.40. The monoisotopic (exact) mass is 197 g/mol. The molecule has 0 saturated carbocycles. The van der Waals surface area contributed by atoms with Gasteiger partial charge in [-0.1, -0.05) is 0 Å². The second kappa shape index (κ2) is 4.28. The van der Waals surface area contributed by atoms with Crippen molar-refractivity contribution in [2.24, 2.45) is 5.73 Å². The summed E-state index contributed by atoms with van der Waals surface area (Å²) in [6, 6.07) is 0.592. The zero-order valence-corrected chi connectivity index (χ0v) is 8.54. The van der Waals surface area contributed by atoms with E-state index < -0.39 is 0 Å². The molecule has 2 saturated heterocycles. The average molecular weight is 197 g/mol. The molecule has 4 nitrogen and oxygen atoms in total. The quantitative estimate of drug-likeness (QED) is 0.638. The van der Waals surface area contributed by atoms with Crippen LogP contribution in [0, 0.1) is 0 Å². The molecule has 14 heavy (non-hydrogen) atoms. The smallest absolute Gasteiger partial charge is 0.234 e. The summed E-state index contributed by atoms with van der Waals surface area (Å²) in [6.45, 7) is 3.21. The van der Waals surface area contributed by atoms with Crippen LogP contribution in [0.15, 0.2) is 0 Å². The molecule has 0 bridgehead atoms. The summed E-state index contributed by atoms with van der Waals surface area (Å²) >= 11 is 0. The molecule has 2 aliphatic heterocycles. The van der Waals surface area contributed by atoms with E-state index in [-0.39, 0.29) is 11.9 Å². The van der Waals surface area contributed by atoms with Crippen molar-refractivity contribution < 1.29 is 4.79 Å². The van der Waals surface area contributed by atoms with E-state index in [1.807, 2.05) is 0 Å². The molecule has 2 aliphatic rings. The largest absolute Gasteiger partial charge is 0.368 e. The number of hydrogen-bond acceptors (Lipinski definition) is 3. The zero-order chi connectivity index (χ0) is 9.97. The van der Waals surface area contributed by atoms with Gasteiger partial charge < -0.3 is 11.1 Å². The number of carbonyl (C=O) groups is 1. The third kappa shape index (κ3) is 1.91. The summed E-state index contributed by atoms with van der Waals surface area (Å²) in [4.78, 5) is 13.5. The molecule has 0 aliphatic carbocycles. The van der Waals surface area contributed by atoms with Crippen LogP contribution in [0.5, 0.6) is 0 Å². The standard InChI is InChI=1S/C10H19N3O/c11-10(14)9-2-1-7-13(9)8-3-5-12-6-4-8/h8-9,12H,1-7H2,(H2,11,14). The highest BCUT2D eigenvalue weighted by Gasteiger charge is 2.34. The molecule has 2 fully saturated rings. The highest BCUT2D eigenvalue weighted by atomic mass is 16.1. The third-order valence-corrected chi connectivity index (χ3v) is 3.40. The number of hydrogen-bond donors (Lipinski definition) is 2. The molecule has 3 N–H and O–H groups in total. The van der Waals surface area contributed by atoms with E-state index in [2.05, 4.69) is 10.2 Å². The maximum atomic E-state index is 11.2. The molecule has 0 aromatic carbocycles. The van der Waals surface area contributed by atoms with Crippen molar-refractivity contribution in [1.82, 2.24) is 10.2 Å². The van der Waals surface area contributed by atoms with E-state index >= 15 is 0 Å². The second-order valence-corrected chi connectivity index (χ2v) is 4.28. The van der Waals surface area contributed by atoms with Crippen LogP contribution in [0.1, 0.15) is 25.7 Å². The predicted octanol–water partition coefficient (Wildman–Crippen LogP) is -0.312. The fourth-order valence-corrected chi connectivity index (χ4v) is 2.67. The van der Waals surface area contributed by atoms with E-state index in [0.29, 0.717) is 6.04 Å². The molecule has 4 heteroatoms. The van der Waals surface area contributed by atoms with Crippen LogP contribution in [0.2, 0.25) is 0 Å². The van der Waals surface area contributed by atoms with Gasteiger partial charge in [-0.15, -0.1) is 0 Å². The Morgan fingerprint density at radius 3 is 2.64 bits per heavy atom. The minimum atomic E-state index is -0.138.